The number of nitrogens with zero attached hydrogens (tertiary/aromatic N) is 6. The molecule has 0 saturated carbocycles. The normalized spacial score (nSPS) is 15.2. The van der Waals surface area contributed by atoms with Gasteiger partial charge in [0.25, 0.3) is 12.4 Å². The molecule has 1 unspecified atom stereocenters. The van der Waals surface area contributed by atoms with Gasteiger partial charge in [0.15, 0.2) is 0 Å². The van der Waals surface area contributed by atoms with E-state index in [-0.39, 0.29) is 18.3 Å². The minimum atomic E-state index is -0.250. The van der Waals surface area contributed by atoms with Crippen LogP contribution in [0.1, 0.15) is 33.2 Å². The van der Waals surface area contributed by atoms with Crippen molar-refractivity contribution < 1.29 is 14.7 Å². The van der Waals surface area contributed by atoms with E-state index in [0.717, 1.165) is 17.0 Å². The quantitative estimate of drug-likeness (QED) is 0.484. The number of carbonyl (C=O) groups excluding carboxylic acids is 1. The Morgan fingerprint density at radius 2 is 2.07 bits per heavy atom. The van der Waals surface area contributed by atoms with Gasteiger partial charge in [0, 0.05) is 43.7 Å². The predicted molar refractivity (Wildman–Crippen MR) is 107 cm³/mol. The molecule has 0 fully saturated rings. The van der Waals surface area contributed by atoms with Crippen molar-refractivity contribution in [1.82, 2.24) is 34.6 Å². The number of H-pyrrole nitrogens is 1. The number of hydrogen-bond donors (Lipinski definition) is 2. The van der Waals surface area contributed by atoms with E-state index in [1.54, 1.807) is 29.5 Å². The van der Waals surface area contributed by atoms with Gasteiger partial charge < -0.3 is 15.0 Å². The minimum Gasteiger partial charge on any atom is -0.483 e. The fourth-order valence-corrected chi connectivity index (χ4v) is 3.69. The third-order valence-electron chi connectivity index (χ3n) is 4.98. The van der Waals surface area contributed by atoms with Crippen molar-refractivity contribution in [3.63, 3.8) is 0 Å². The number of imidazole rings is 1. The summed E-state index contributed by atoms with van der Waals surface area (Å²) in [7, 11) is 1.88. The van der Waals surface area contributed by atoms with Crippen LogP contribution in [0.5, 0.6) is 0 Å². The van der Waals surface area contributed by atoms with E-state index < -0.39 is 0 Å². The zero-order valence-corrected chi connectivity index (χ0v) is 16.1. The van der Waals surface area contributed by atoms with Crippen LogP contribution in [0.25, 0.3) is 11.0 Å². The Kier molecular flexibility index (Phi) is 5.21. The van der Waals surface area contributed by atoms with Gasteiger partial charge in [-0.3, -0.25) is 24.2 Å². The van der Waals surface area contributed by atoms with Crippen LogP contribution in [-0.2, 0) is 18.4 Å². The first-order chi connectivity index (χ1) is 14.6. The van der Waals surface area contributed by atoms with E-state index in [2.05, 4.69) is 25.0 Å². The molecule has 5 rings (SSSR count). The first-order valence-corrected chi connectivity index (χ1v) is 9.20. The Hall–Kier alpha value is -4.08. The van der Waals surface area contributed by atoms with Gasteiger partial charge in [0.05, 0.1) is 41.5 Å². The molecule has 1 amide bonds. The lowest BCUT2D eigenvalue weighted by Gasteiger charge is -2.31. The van der Waals surface area contributed by atoms with E-state index in [9.17, 15) is 4.79 Å². The van der Waals surface area contributed by atoms with Crippen molar-refractivity contribution in [2.75, 3.05) is 6.54 Å². The van der Waals surface area contributed by atoms with Crippen LogP contribution in [0, 0.1) is 0 Å². The smallest absolute Gasteiger partial charge is 0.290 e. The van der Waals surface area contributed by atoms with Crippen LogP contribution in [0.15, 0.2) is 49.3 Å². The fraction of sp³-hybridized carbons (Fsp3) is 0.200. The van der Waals surface area contributed by atoms with Crippen LogP contribution >= 0.6 is 0 Å². The van der Waals surface area contributed by atoms with E-state index >= 15 is 0 Å². The fourth-order valence-electron chi connectivity index (χ4n) is 3.69. The van der Waals surface area contributed by atoms with Gasteiger partial charge in [-0.05, 0) is 12.1 Å². The zero-order chi connectivity index (χ0) is 21.1. The molecule has 1 aliphatic heterocycles. The summed E-state index contributed by atoms with van der Waals surface area (Å²) in [5.74, 6) is -0.0750. The van der Waals surface area contributed by atoms with Crippen molar-refractivity contribution in [2.45, 2.75) is 12.5 Å². The van der Waals surface area contributed by atoms with Crippen molar-refractivity contribution in [1.29, 1.82) is 0 Å². The first-order valence-electron chi connectivity index (χ1n) is 9.20. The Bertz CT molecular complexity index is 1190. The third kappa shape index (κ3) is 3.50. The summed E-state index contributed by atoms with van der Waals surface area (Å²) in [6.45, 7) is 0.778. The van der Waals surface area contributed by atoms with Gasteiger partial charge in [0.1, 0.15) is 5.52 Å². The maximum absolute atomic E-state index is 13.3. The Labute approximate surface area is 171 Å². The molecule has 0 saturated heterocycles. The zero-order valence-electron chi connectivity index (χ0n) is 16.1. The molecule has 4 heterocycles. The number of aromatic nitrogens is 6. The summed E-state index contributed by atoms with van der Waals surface area (Å²) in [6, 6.07) is 5.51. The van der Waals surface area contributed by atoms with E-state index in [4.69, 9.17) is 9.90 Å². The van der Waals surface area contributed by atoms with E-state index in [1.807, 2.05) is 36.5 Å². The maximum atomic E-state index is 13.3. The number of nitrogens with one attached hydrogen (secondary N) is 1. The highest BCUT2D eigenvalue weighted by Gasteiger charge is 2.33. The summed E-state index contributed by atoms with van der Waals surface area (Å²) in [6.07, 6.45) is 8.74. The number of para-hydroxylation sites is 1. The van der Waals surface area contributed by atoms with Crippen molar-refractivity contribution in [3.8, 4) is 0 Å². The number of aromatic amines is 1. The molecule has 1 atom stereocenters. The minimum absolute atomic E-state index is 0.0151. The standard InChI is InChI=1S/C19H17N7O.CH2O2/c1-25-8-12(7-24-25)14-9-26(10-16-18(14)23-11-22-16)19(27)13-3-2-4-15-17(13)21-6-5-20-15;2-1-3/h2-8,11,14H,9-10H2,1H3,(H,22,23);1H,(H,2,3). The average molecular weight is 405 g/mol. The van der Waals surface area contributed by atoms with Gasteiger partial charge >= 0.3 is 0 Å². The monoisotopic (exact) mass is 405 g/mol. The Morgan fingerprint density at radius 3 is 2.83 bits per heavy atom. The SMILES string of the molecule is Cn1cc(C2CN(C(=O)c3cccc4nccnc34)Cc3[nH]cnc32)cn1.O=CO. The Morgan fingerprint density at radius 1 is 1.27 bits per heavy atom. The largest absolute Gasteiger partial charge is 0.483 e. The van der Waals surface area contributed by atoms with Gasteiger partial charge in [-0.25, -0.2) is 4.98 Å². The maximum Gasteiger partial charge on any atom is 0.290 e. The summed E-state index contributed by atoms with van der Waals surface area (Å²) >= 11 is 0. The lowest BCUT2D eigenvalue weighted by molar-refractivity contribution is -0.122. The topological polar surface area (TPSA) is 130 Å². The molecule has 0 bridgehead atoms. The second-order valence-corrected chi connectivity index (χ2v) is 6.79. The van der Waals surface area contributed by atoms with Crippen LogP contribution in [0.4, 0.5) is 0 Å². The molecule has 0 radical (unpaired) electrons. The van der Waals surface area contributed by atoms with Crippen LogP contribution in [0.3, 0.4) is 0 Å². The molecule has 3 aromatic heterocycles. The van der Waals surface area contributed by atoms with Gasteiger partial charge in [-0.15, -0.1) is 0 Å². The molecule has 10 nitrogen and oxygen atoms in total. The van der Waals surface area contributed by atoms with E-state index in [1.165, 1.54) is 0 Å². The predicted octanol–water partition coefficient (Wildman–Crippen LogP) is 1.58. The lowest BCUT2D eigenvalue weighted by Crippen LogP contribution is -2.38. The van der Waals surface area contributed by atoms with Gasteiger partial charge in [-0.2, -0.15) is 5.10 Å². The number of amides is 1. The van der Waals surface area contributed by atoms with Crippen molar-refractivity contribution in [2.24, 2.45) is 7.05 Å². The highest BCUT2D eigenvalue weighted by molar-refractivity contribution is 6.04. The molecule has 152 valence electrons. The number of hydrogen-bond acceptors (Lipinski definition) is 6. The molecule has 30 heavy (non-hydrogen) atoms. The van der Waals surface area contributed by atoms with Crippen LogP contribution < -0.4 is 0 Å². The molecular weight excluding hydrogens is 386 g/mol. The first kappa shape index (κ1) is 19.2. The summed E-state index contributed by atoms with van der Waals surface area (Å²) in [4.78, 5) is 39.9. The van der Waals surface area contributed by atoms with Crippen LogP contribution in [0.2, 0.25) is 0 Å². The van der Waals surface area contributed by atoms with Gasteiger partial charge in [0.2, 0.25) is 0 Å². The number of rotatable bonds is 2. The number of carbonyl (C=O) groups is 2. The second kappa shape index (κ2) is 8.11. The van der Waals surface area contributed by atoms with Crippen LogP contribution in [-0.4, -0.2) is 58.6 Å². The molecule has 1 aliphatic rings. The highest BCUT2D eigenvalue weighted by atomic mass is 16.3. The third-order valence-corrected chi connectivity index (χ3v) is 4.98. The molecule has 10 heteroatoms. The number of carboxylic acid groups (broad SMARTS) is 1. The van der Waals surface area contributed by atoms with E-state index in [0.29, 0.717) is 29.7 Å². The average Bonchev–Trinajstić information content (AvgIpc) is 3.41. The van der Waals surface area contributed by atoms with Crippen molar-refractivity contribution >= 4 is 23.4 Å². The molecule has 0 aliphatic carbocycles. The highest BCUT2D eigenvalue weighted by Crippen LogP contribution is 2.32. The van der Waals surface area contributed by atoms with Crippen molar-refractivity contribution in [3.05, 3.63) is 71.8 Å². The lowest BCUT2D eigenvalue weighted by atomic mass is 9.92. The molecule has 2 N–H and O–H groups in total. The number of fused-ring (bicyclic) bond motifs is 2. The molecule has 1 aromatic carbocycles. The number of aryl methyl sites for hydroxylation is 1. The summed E-state index contributed by atoms with van der Waals surface area (Å²) < 4.78 is 1.77. The summed E-state index contributed by atoms with van der Waals surface area (Å²) in [5, 5.41) is 11.2. The Balaban J connectivity index is 0.000000687. The molecular formula is C20H19N7O3. The molecule has 0 spiro atoms. The second-order valence-electron chi connectivity index (χ2n) is 6.79. The molecule has 4 aromatic rings. The summed E-state index contributed by atoms with van der Waals surface area (Å²) in [5.41, 5.74) is 4.87. The van der Waals surface area contributed by atoms with Gasteiger partial charge in [-0.1, -0.05) is 6.07 Å². The number of benzene rings is 1.